The van der Waals surface area contributed by atoms with Gasteiger partial charge in [0.1, 0.15) is 12.6 Å². The van der Waals surface area contributed by atoms with E-state index in [-0.39, 0.29) is 6.61 Å². The highest BCUT2D eigenvalue weighted by Crippen LogP contribution is 2.58. The Balaban J connectivity index is 1.82. The molecule has 182 valence electrons. The summed E-state index contributed by atoms with van der Waals surface area (Å²) < 4.78 is 35.3. The molecule has 0 N–H and O–H groups in total. The maximum Gasteiger partial charge on any atom is 0.412 e. The summed E-state index contributed by atoms with van der Waals surface area (Å²) in [4.78, 5) is 28.1. The van der Waals surface area contributed by atoms with Crippen molar-refractivity contribution in [3.05, 3.63) is 108 Å². The third-order valence-corrected chi connectivity index (χ3v) is 7.87. The van der Waals surface area contributed by atoms with Crippen molar-refractivity contribution in [2.24, 2.45) is 0 Å². The summed E-state index contributed by atoms with van der Waals surface area (Å²) in [6, 6.07) is 26.4. The fourth-order valence-corrected chi connectivity index (χ4v) is 5.51. The Bertz CT molecular complexity index is 1180. The molecule has 0 unspecified atom stereocenters. The first kappa shape index (κ1) is 24.7. The van der Waals surface area contributed by atoms with Crippen molar-refractivity contribution in [1.82, 2.24) is 4.90 Å². The predicted octanol–water partition coefficient (Wildman–Crippen LogP) is 5.48. The Kier molecular flexibility index (Phi) is 7.66. The molecule has 1 saturated heterocycles. The molecule has 1 aliphatic heterocycles. The van der Waals surface area contributed by atoms with Gasteiger partial charge in [0.25, 0.3) is 0 Å². The smallest absolute Gasteiger partial charge is 0.412 e. The number of ether oxygens (including phenoxy) is 2. The van der Waals surface area contributed by atoms with Gasteiger partial charge in [0, 0.05) is 14.2 Å². The average Bonchev–Trinajstić information content (AvgIpc) is 2.92. The second kappa shape index (κ2) is 10.9. The standard InChI is InChI=1S/C26H26NO7P/c1-31-35(30,32-2)24-25(28)34-23(21-16-10-5-11-17-21)22(20-14-8-4-9-15-20)27(24)26(29)33-18-19-12-6-3-7-13-19/h3-17,22-24H,18H2,1-2H3/t22-,23+,24-/m1/s1. The normalized spacial score (nSPS) is 20.2. The SMILES string of the molecule is COP(=O)(OC)[C@@H]1C(=O)O[C@@H](c2ccccc2)[C@@H](c2ccccc2)N1C(=O)OCc1ccccc1. The van der Waals surface area contributed by atoms with E-state index < -0.39 is 37.6 Å². The molecule has 1 fully saturated rings. The fourth-order valence-electron chi connectivity index (χ4n) is 4.10. The van der Waals surface area contributed by atoms with Crippen LogP contribution in [0, 0.1) is 0 Å². The van der Waals surface area contributed by atoms with Gasteiger partial charge < -0.3 is 18.5 Å². The summed E-state index contributed by atoms with van der Waals surface area (Å²) >= 11 is 0. The minimum atomic E-state index is -4.14. The maximum absolute atomic E-state index is 13.6. The lowest BCUT2D eigenvalue weighted by Crippen LogP contribution is -2.54. The molecule has 0 spiro atoms. The second-order valence-corrected chi connectivity index (χ2v) is 10.1. The van der Waals surface area contributed by atoms with E-state index in [1.807, 2.05) is 66.7 Å². The van der Waals surface area contributed by atoms with Crippen LogP contribution in [0.3, 0.4) is 0 Å². The third-order valence-electron chi connectivity index (χ3n) is 5.80. The molecular formula is C26H26NO7P. The molecule has 3 aromatic rings. The van der Waals surface area contributed by atoms with Crippen LogP contribution in [0.2, 0.25) is 0 Å². The molecule has 3 atom stereocenters. The van der Waals surface area contributed by atoms with Crippen LogP contribution in [0.15, 0.2) is 91.0 Å². The van der Waals surface area contributed by atoms with Gasteiger partial charge in [0.2, 0.25) is 5.78 Å². The van der Waals surface area contributed by atoms with Crippen molar-refractivity contribution in [2.45, 2.75) is 24.5 Å². The van der Waals surface area contributed by atoms with Gasteiger partial charge in [-0.2, -0.15) is 0 Å². The van der Waals surface area contributed by atoms with E-state index in [0.717, 1.165) is 24.7 Å². The summed E-state index contributed by atoms with van der Waals surface area (Å²) in [6.07, 6.45) is -1.73. The summed E-state index contributed by atoms with van der Waals surface area (Å²) in [7, 11) is -1.83. The van der Waals surface area contributed by atoms with Crippen molar-refractivity contribution >= 4 is 19.7 Å². The maximum atomic E-state index is 13.6. The summed E-state index contributed by atoms with van der Waals surface area (Å²) in [5.41, 5.74) is 2.09. The molecule has 0 bridgehead atoms. The molecule has 0 saturated carbocycles. The largest absolute Gasteiger partial charge is 0.453 e. The minimum absolute atomic E-state index is 0.0419. The summed E-state index contributed by atoms with van der Waals surface area (Å²) in [5.74, 6) is -2.57. The van der Waals surface area contributed by atoms with Crippen molar-refractivity contribution in [3.8, 4) is 0 Å². The molecule has 4 rings (SSSR count). The molecule has 1 amide bonds. The highest BCUT2D eigenvalue weighted by molar-refractivity contribution is 7.55. The molecule has 9 heteroatoms. The second-order valence-electron chi connectivity index (χ2n) is 7.85. The van der Waals surface area contributed by atoms with Gasteiger partial charge in [-0.3, -0.25) is 9.46 Å². The monoisotopic (exact) mass is 495 g/mol. The highest BCUT2D eigenvalue weighted by atomic mass is 31.2. The molecule has 0 aliphatic carbocycles. The molecule has 35 heavy (non-hydrogen) atoms. The van der Waals surface area contributed by atoms with Gasteiger partial charge in [0.05, 0.1) is 0 Å². The van der Waals surface area contributed by atoms with Crippen LogP contribution < -0.4 is 0 Å². The Morgan fingerprint density at radius 3 is 1.91 bits per heavy atom. The number of esters is 1. The number of benzene rings is 3. The lowest BCUT2D eigenvalue weighted by Gasteiger charge is -2.45. The zero-order valence-electron chi connectivity index (χ0n) is 19.4. The first-order chi connectivity index (χ1) is 17.0. The Labute approximate surface area is 203 Å². The van der Waals surface area contributed by atoms with E-state index in [2.05, 4.69) is 0 Å². The minimum Gasteiger partial charge on any atom is -0.453 e. The van der Waals surface area contributed by atoms with Crippen LogP contribution in [-0.2, 0) is 34.5 Å². The van der Waals surface area contributed by atoms with E-state index >= 15 is 0 Å². The topological polar surface area (TPSA) is 91.4 Å². The number of amides is 1. The van der Waals surface area contributed by atoms with Gasteiger partial charge in [-0.25, -0.2) is 9.59 Å². The number of rotatable bonds is 7. The van der Waals surface area contributed by atoms with Crippen LogP contribution in [0.25, 0.3) is 0 Å². The first-order valence-corrected chi connectivity index (χ1v) is 12.6. The fraction of sp³-hybridized carbons (Fsp3) is 0.231. The Morgan fingerprint density at radius 2 is 1.37 bits per heavy atom. The summed E-state index contributed by atoms with van der Waals surface area (Å²) in [5, 5.41) is 0. The molecule has 1 heterocycles. The lowest BCUT2D eigenvalue weighted by molar-refractivity contribution is -0.168. The Morgan fingerprint density at radius 1 is 0.857 bits per heavy atom. The van der Waals surface area contributed by atoms with Crippen molar-refractivity contribution in [1.29, 1.82) is 0 Å². The molecule has 0 radical (unpaired) electrons. The van der Waals surface area contributed by atoms with Crippen LogP contribution >= 0.6 is 7.60 Å². The van der Waals surface area contributed by atoms with Gasteiger partial charge in [-0.05, 0) is 16.7 Å². The molecule has 1 aliphatic rings. The van der Waals surface area contributed by atoms with Crippen LogP contribution in [0.4, 0.5) is 4.79 Å². The van der Waals surface area contributed by atoms with Gasteiger partial charge in [0.15, 0.2) is 6.10 Å². The van der Waals surface area contributed by atoms with Gasteiger partial charge in [-0.1, -0.05) is 91.0 Å². The van der Waals surface area contributed by atoms with Crippen molar-refractivity contribution in [3.63, 3.8) is 0 Å². The zero-order valence-corrected chi connectivity index (χ0v) is 20.2. The molecule has 3 aromatic carbocycles. The van der Waals surface area contributed by atoms with Crippen molar-refractivity contribution < 1.29 is 32.7 Å². The lowest BCUT2D eigenvalue weighted by atomic mass is 9.93. The highest BCUT2D eigenvalue weighted by Gasteiger charge is 2.57. The van der Waals surface area contributed by atoms with E-state index in [1.54, 1.807) is 24.3 Å². The number of cyclic esters (lactones) is 1. The number of morpholine rings is 1. The van der Waals surface area contributed by atoms with E-state index in [9.17, 15) is 14.2 Å². The van der Waals surface area contributed by atoms with Crippen LogP contribution in [0.1, 0.15) is 28.8 Å². The van der Waals surface area contributed by atoms with Crippen LogP contribution in [-0.4, -0.2) is 37.0 Å². The van der Waals surface area contributed by atoms with Gasteiger partial charge >= 0.3 is 19.7 Å². The van der Waals surface area contributed by atoms with E-state index in [0.29, 0.717) is 11.1 Å². The quantitative estimate of drug-likeness (QED) is 0.317. The number of nitrogens with zero attached hydrogens (tertiary/aromatic N) is 1. The third kappa shape index (κ3) is 5.15. The average molecular weight is 495 g/mol. The zero-order chi connectivity index (χ0) is 24.8. The summed E-state index contributed by atoms with van der Waals surface area (Å²) in [6.45, 7) is -0.0419. The molecule has 0 aromatic heterocycles. The predicted molar refractivity (Wildman–Crippen MR) is 128 cm³/mol. The number of hydrogen-bond acceptors (Lipinski definition) is 7. The van der Waals surface area contributed by atoms with E-state index in [1.165, 1.54) is 0 Å². The number of carbonyl (C=O) groups is 2. The van der Waals surface area contributed by atoms with Crippen molar-refractivity contribution in [2.75, 3.05) is 14.2 Å². The molecular weight excluding hydrogens is 469 g/mol. The number of carbonyl (C=O) groups excluding carboxylic acids is 2. The van der Waals surface area contributed by atoms with E-state index in [4.69, 9.17) is 18.5 Å². The van der Waals surface area contributed by atoms with Gasteiger partial charge in [-0.15, -0.1) is 0 Å². The molecule has 8 nitrogen and oxygen atoms in total. The first-order valence-electron chi connectivity index (χ1n) is 11.0. The Hall–Kier alpha value is -3.45. The van der Waals surface area contributed by atoms with Crippen LogP contribution in [0.5, 0.6) is 0 Å². The number of hydrogen-bond donors (Lipinski definition) is 0.